The van der Waals surface area contributed by atoms with E-state index in [1.54, 1.807) is 18.2 Å². The van der Waals surface area contributed by atoms with E-state index in [4.69, 9.17) is 5.73 Å². The molecule has 0 bridgehead atoms. The maximum Gasteiger partial charge on any atom is 0.132 e. The van der Waals surface area contributed by atoms with Gasteiger partial charge in [-0.1, -0.05) is 69.2 Å². The topological polar surface area (TPSA) is 58.7 Å². The number of nitrogen functional groups attached to an aromatic ring is 1. The lowest BCUT2D eigenvalue weighted by Gasteiger charge is -2.27. The molecule has 2 N–H and O–H groups in total. The minimum atomic E-state index is 0.372. The fourth-order valence-corrected chi connectivity index (χ4v) is 3.29. The summed E-state index contributed by atoms with van der Waals surface area (Å²) in [7, 11) is 1.96. The van der Waals surface area contributed by atoms with Gasteiger partial charge >= 0.3 is 0 Å². The fraction of sp³-hybridized carbons (Fsp3) is 0.440. The van der Waals surface area contributed by atoms with E-state index in [1.165, 1.54) is 11.1 Å². The summed E-state index contributed by atoms with van der Waals surface area (Å²) >= 11 is 0. The van der Waals surface area contributed by atoms with Gasteiger partial charge in [-0.15, -0.1) is 4.91 Å². The summed E-state index contributed by atoms with van der Waals surface area (Å²) in [6.45, 7) is 14.7. The zero-order valence-electron chi connectivity index (χ0n) is 19.0. The first-order valence-corrected chi connectivity index (χ1v) is 10.5. The molecule has 0 fully saturated rings. The molecule has 0 saturated carbocycles. The van der Waals surface area contributed by atoms with Crippen LogP contribution in [0.1, 0.15) is 65.9 Å². The third-order valence-electron chi connectivity index (χ3n) is 5.33. The Hall–Kier alpha value is -2.62. The van der Waals surface area contributed by atoms with Crippen LogP contribution in [0.25, 0.3) is 6.08 Å². The van der Waals surface area contributed by atoms with E-state index in [0.717, 1.165) is 36.9 Å². The van der Waals surface area contributed by atoms with Crippen molar-refractivity contribution in [3.8, 4) is 0 Å². The Morgan fingerprint density at radius 3 is 2.52 bits per heavy atom. The van der Waals surface area contributed by atoms with Crippen molar-refractivity contribution in [3.05, 3.63) is 64.3 Å². The second-order valence-electron chi connectivity index (χ2n) is 7.65. The highest BCUT2D eigenvalue weighted by Gasteiger charge is 2.18. The molecule has 158 valence electrons. The lowest BCUT2D eigenvalue weighted by atomic mass is 10.0. The highest BCUT2D eigenvalue weighted by molar-refractivity contribution is 5.86. The van der Waals surface area contributed by atoms with Crippen molar-refractivity contribution < 1.29 is 0 Å². The number of allylic oxidation sites excluding steroid dienone is 6. The predicted octanol–water partition coefficient (Wildman–Crippen LogP) is 7.76. The van der Waals surface area contributed by atoms with Crippen molar-refractivity contribution in [1.29, 1.82) is 0 Å². The maximum absolute atomic E-state index is 11.4. The maximum atomic E-state index is 11.4. The summed E-state index contributed by atoms with van der Waals surface area (Å²) in [6.07, 6.45) is 12.5. The molecular formula is C25H37N3O. The molecule has 29 heavy (non-hydrogen) atoms. The quantitative estimate of drug-likeness (QED) is 0.236. The van der Waals surface area contributed by atoms with Gasteiger partial charge in [0.05, 0.1) is 5.69 Å². The molecule has 4 nitrogen and oxygen atoms in total. The highest BCUT2D eigenvalue weighted by Crippen LogP contribution is 2.39. The lowest BCUT2D eigenvalue weighted by Crippen LogP contribution is -2.19. The van der Waals surface area contributed by atoms with E-state index in [0.29, 0.717) is 23.0 Å². The molecule has 0 spiro atoms. The van der Waals surface area contributed by atoms with Crippen molar-refractivity contribution in [2.75, 3.05) is 17.7 Å². The summed E-state index contributed by atoms with van der Waals surface area (Å²) in [5, 5.41) is 3.22. The Morgan fingerprint density at radius 2 is 2.00 bits per heavy atom. The Kier molecular flexibility index (Phi) is 10.1. The summed E-state index contributed by atoms with van der Waals surface area (Å²) in [6, 6.07) is 3.37. The van der Waals surface area contributed by atoms with Crippen LogP contribution in [0.15, 0.2) is 59.0 Å². The second kappa shape index (κ2) is 12.1. The van der Waals surface area contributed by atoms with Gasteiger partial charge in [-0.3, -0.25) is 0 Å². The van der Waals surface area contributed by atoms with Gasteiger partial charge in [-0.05, 0) is 56.3 Å². The molecule has 1 atom stereocenters. The first-order chi connectivity index (χ1) is 13.8. The first-order valence-electron chi connectivity index (χ1n) is 10.5. The molecule has 0 aliphatic carbocycles. The number of hydrogen-bond donors (Lipinski definition) is 1. The van der Waals surface area contributed by atoms with Crippen LogP contribution >= 0.6 is 0 Å². The molecule has 0 aliphatic heterocycles. The third kappa shape index (κ3) is 6.74. The molecule has 0 heterocycles. The standard InChI is InChI=1S/C25H37N3O/c1-8-19(6)14-15-20(9-2)12-11-13-24(18(4)5)28(7)25-21(10-3)22(26)16-17-23(25)27-29/h10,12,14-17,19H,3,8-9,11,13,26H2,1-2,4-7H3/b15-14-,20-12-. The van der Waals surface area contributed by atoms with Crippen molar-refractivity contribution in [2.45, 2.75) is 60.3 Å². The molecule has 1 rings (SSSR count). The molecule has 1 aromatic carbocycles. The first kappa shape index (κ1) is 24.4. The zero-order valence-corrected chi connectivity index (χ0v) is 19.0. The van der Waals surface area contributed by atoms with Crippen LogP contribution in [-0.2, 0) is 0 Å². The van der Waals surface area contributed by atoms with Gasteiger partial charge in [-0.2, -0.15) is 0 Å². The zero-order chi connectivity index (χ0) is 22.0. The second-order valence-corrected chi connectivity index (χ2v) is 7.65. The van der Waals surface area contributed by atoms with E-state index in [1.807, 2.05) is 11.9 Å². The smallest absolute Gasteiger partial charge is 0.132 e. The SMILES string of the molecule is C=Cc1c(N)ccc(N=O)c1N(C)C(CC/C=C(\C=C/C(C)CC)CC)=C(C)C. The number of hydrogen-bond acceptors (Lipinski definition) is 4. The fourth-order valence-electron chi connectivity index (χ4n) is 3.29. The van der Waals surface area contributed by atoms with Gasteiger partial charge in [0.1, 0.15) is 5.69 Å². The number of nitroso groups, excluding NO2 is 1. The lowest BCUT2D eigenvalue weighted by molar-refractivity contribution is 0.697. The van der Waals surface area contributed by atoms with Gasteiger partial charge in [0, 0.05) is 24.0 Å². The molecule has 0 radical (unpaired) electrons. The Labute approximate surface area is 176 Å². The number of benzene rings is 1. The number of rotatable bonds is 11. The monoisotopic (exact) mass is 395 g/mol. The molecule has 0 aromatic heterocycles. The normalized spacial score (nSPS) is 12.7. The predicted molar refractivity (Wildman–Crippen MR) is 129 cm³/mol. The van der Waals surface area contributed by atoms with Crippen LogP contribution < -0.4 is 10.6 Å². The van der Waals surface area contributed by atoms with Crippen molar-refractivity contribution >= 4 is 23.1 Å². The van der Waals surface area contributed by atoms with Gasteiger partial charge in [0.2, 0.25) is 0 Å². The van der Waals surface area contributed by atoms with E-state index >= 15 is 0 Å². The minimum absolute atomic E-state index is 0.372. The molecule has 0 aliphatic rings. The number of anilines is 2. The van der Waals surface area contributed by atoms with Gasteiger partial charge in [0.15, 0.2) is 0 Å². The van der Waals surface area contributed by atoms with Crippen LogP contribution in [0.3, 0.4) is 0 Å². The van der Waals surface area contributed by atoms with Crippen molar-refractivity contribution in [1.82, 2.24) is 0 Å². The molecular weight excluding hydrogens is 358 g/mol. The van der Waals surface area contributed by atoms with Crippen LogP contribution in [0.5, 0.6) is 0 Å². The number of nitrogens with two attached hydrogens (primary N) is 1. The number of nitrogens with zero attached hydrogens (tertiary/aromatic N) is 2. The van der Waals surface area contributed by atoms with Gasteiger partial charge in [-0.25, -0.2) is 0 Å². The van der Waals surface area contributed by atoms with Crippen LogP contribution in [-0.4, -0.2) is 7.05 Å². The summed E-state index contributed by atoms with van der Waals surface area (Å²) < 4.78 is 0. The van der Waals surface area contributed by atoms with E-state index in [2.05, 4.69) is 64.6 Å². The van der Waals surface area contributed by atoms with E-state index in [9.17, 15) is 4.91 Å². The largest absolute Gasteiger partial charge is 0.398 e. The van der Waals surface area contributed by atoms with Crippen molar-refractivity contribution in [2.24, 2.45) is 11.1 Å². The third-order valence-corrected chi connectivity index (χ3v) is 5.33. The molecule has 1 unspecified atom stereocenters. The molecule has 1 aromatic rings. The van der Waals surface area contributed by atoms with E-state index < -0.39 is 0 Å². The van der Waals surface area contributed by atoms with Crippen LogP contribution in [0, 0.1) is 10.8 Å². The minimum Gasteiger partial charge on any atom is -0.398 e. The Bertz CT molecular complexity index is 799. The Balaban J connectivity index is 3.15. The highest BCUT2D eigenvalue weighted by atomic mass is 16.3. The molecule has 0 saturated heterocycles. The summed E-state index contributed by atoms with van der Waals surface area (Å²) in [4.78, 5) is 13.4. The summed E-state index contributed by atoms with van der Waals surface area (Å²) in [5.41, 5.74) is 12.2. The van der Waals surface area contributed by atoms with Crippen LogP contribution in [0.2, 0.25) is 0 Å². The van der Waals surface area contributed by atoms with Crippen LogP contribution in [0.4, 0.5) is 17.1 Å². The summed E-state index contributed by atoms with van der Waals surface area (Å²) in [5.74, 6) is 0.597. The Morgan fingerprint density at radius 1 is 1.31 bits per heavy atom. The average molecular weight is 396 g/mol. The van der Waals surface area contributed by atoms with Crippen molar-refractivity contribution in [3.63, 3.8) is 0 Å². The molecule has 0 amide bonds. The average Bonchev–Trinajstić information content (AvgIpc) is 2.71. The van der Waals surface area contributed by atoms with E-state index in [-0.39, 0.29) is 0 Å². The van der Waals surface area contributed by atoms with Gasteiger partial charge in [0.25, 0.3) is 0 Å². The molecule has 4 heteroatoms. The van der Waals surface area contributed by atoms with Gasteiger partial charge < -0.3 is 10.6 Å².